The van der Waals surface area contributed by atoms with Gasteiger partial charge in [0.05, 0.1) is 11.1 Å². The third kappa shape index (κ3) is 5.99. The van der Waals surface area contributed by atoms with Crippen molar-refractivity contribution < 1.29 is 36.6 Å². The lowest BCUT2D eigenvalue weighted by Gasteiger charge is -2.12. The van der Waals surface area contributed by atoms with Crippen LogP contribution in [0.15, 0.2) is 34.3 Å². The number of benzene rings is 2. The van der Waals surface area contributed by atoms with Gasteiger partial charge in [-0.25, -0.2) is 0 Å². The molecule has 0 fully saturated rings. The molecule has 0 atom stereocenters. The lowest BCUT2D eigenvalue weighted by Crippen LogP contribution is -2.07. The normalized spacial score (nSPS) is 12.9. The van der Waals surface area contributed by atoms with Gasteiger partial charge in [0, 0.05) is 23.6 Å². The molecule has 0 bridgehead atoms. The predicted molar refractivity (Wildman–Crippen MR) is 105 cm³/mol. The molecule has 4 nitrogen and oxygen atoms in total. The summed E-state index contributed by atoms with van der Waals surface area (Å²) in [5, 5.41) is 20.2. The van der Waals surface area contributed by atoms with Gasteiger partial charge in [0.25, 0.3) is 0 Å². The molecule has 0 aromatic heterocycles. The van der Waals surface area contributed by atoms with Gasteiger partial charge in [-0.1, -0.05) is 13.8 Å². The second kappa shape index (κ2) is 9.40. The Balaban J connectivity index is 2.26. The Hall–Kier alpha value is -3.04. The third-order valence-electron chi connectivity index (χ3n) is 4.48. The van der Waals surface area contributed by atoms with Gasteiger partial charge in [0.15, 0.2) is 0 Å². The first-order valence-electron chi connectivity index (χ1n) is 9.24. The molecule has 168 valence electrons. The van der Waals surface area contributed by atoms with E-state index in [1.165, 1.54) is 0 Å². The molecule has 0 spiro atoms. The molecule has 2 aromatic carbocycles. The summed E-state index contributed by atoms with van der Waals surface area (Å²) in [6.45, 7) is 2.84. The summed E-state index contributed by atoms with van der Waals surface area (Å²) in [6, 6.07) is 3.20. The highest BCUT2D eigenvalue weighted by atomic mass is 19.4. The standard InChI is InChI=1S/C21H20F6N2O2/c1-3-12-5-16(20(22,23)24)7-14(18(12)30)9-28-11-29-10-15-8-17(21(25,26)27)6-13(4-2)19(15)31/h5-10,30-31H,3-4,11H2,1-2H3. The van der Waals surface area contributed by atoms with Crippen molar-refractivity contribution >= 4 is 12.4 Å². The number of aliphatic imine (C=N–C) groups is 2. The van der Waals surface area contributed by atoms with Crippen LogP contribution in [0.3, 0.4) is 0 Å². The summed E-state index contributed by atoms with van der Waals surface area (Å²) < 4.78 is 78.1. The molecule has 0 aliphatic rings. The van der Waals surface area contributed by atoms with Crippen LogP contribution >= 0.6 is 0 Å². The minimum absolute atomic E-state index is 0.0979. The van der Waals surface area contributed by atoms with Crippen LogP contribution in [-0.2, 0) is 25.2 Å². The molecule has 10 heteroatoms. The van der Waals surface area contributed by atoms with Gasteiger partial charge >= 0.3 is 12.4 Å². The first-order valence-corrected chi connectivity index (χ1v) is 9.24. The van der Waals surface area contributed by atoms with Crippen molar-refractivity contribution in [3.05, 3.63) is 57.6 Å². The maximum atomic E-state index is 13.0. The van der Waals surface area contributed by atoms with Gasteiger partial charge < -0.3 is 10.2 Å². The van der Waals surface area contributed by atoms with E-state index in [-0.39, 0.29) is 53.3 Å². The van der Waals surface area contributed by atoms with Gasteiger partial charge in [-0.3, -0.25) is 9.98 Å². The zero-order valence-electron chi connectivity index (χ0n) is 16.6. The molecular weight excluding hydrogens is 426 g/mol. The maximum absolute atomic E-state index is 13.0. The van der Waals surface area contributed by atoms with E-state index < -0.39 is 23.5 Å². The highest BCUT2D eigenvalue weighted by Gasteiger charge is 2.32. The van der Waals surface area contributed by atoms with Gasteiger partial charge in [-0.15, -0.1) is 0 Å². The first kappa shape index (κ1) is 24.2. The fourth-order valence-electron chi connectivity index (χ4n) is 2.83. The Bertz CT molecular complexity index is 915. The number of aryl methyl sites for hydroxylation is 2. The lowest BCUT2D eigenvalue weighted by atomic mass is 10.0. The maximum Gasteiger partial charge on any atom is 0.416 e. The molecular formula is C21H20F6N2O2. The van der Waals surface area contributed by atoms with Crippen LogP contribution in [0.25, 0.3) is 0 Å². The fourth-order valence-corrected chi connectivity index (χ4v) is 2.83. The number of phenolic OH excluding ortho intramolecular Hbond substituents is 2. The molecule has 0 unspecified atom stereocenters. The Kier molecular flexibility index (Phi) is 7.35. The number of nitrogens with zero attached hydrogens (tertiary/aromatic N) is 2. The summed E-state index contributed by atoms with van der Waals surface area (Å²) in [5.41, 5.74) is -1.99. The van der Waals surface area contributed by atoms with Crippen molar-refractivity contribution in [2.75, 3.05) is 6.67 Å². The SMILES string of the molecule is CCc1cc(C(F)(F)F)cc(C=NCN=Cc2cc(C(F)(F)F)cc(CC)c2O)c1O. The molecule has 0 aliphatic heterocycles. The summed E-state index contributed by atoms with van der Waals surface area (Å²) in [4.78, 5) is 7.61. The summed E-state index contributed by atoms with van der Waals surface area (Å²) in [6.07, 6.45) is -6.85. The average molecular weight is 446 g/mol. The number of hydrogen-bond donors (Lipinski definition) is 2. The number of hydrogen-bond acceptors (Lipinski definition) is 4. The van der Waals surface area contributed by atoms with Crippen molar-refractivity contribution in [2.24, 2.45) is 9.98 Å². The van der Waals surface area contributed by atoms with E-state index in [2.05, 4.69) is 9.98 Å². The Morgan fingerprint density at radius 3 is 1.35 bits per heavy atom. The monoisotopic (exact) mass is 446 g/mol. The van der Waals surface area contributed by atoms with E-state index >= 15 is 0 Å². The predicted octanol–water partition coefficient (Wildman–Crippen LogP) is 5.76. The summed E-state index contributed by atoms with van der Waals surface area (Å²) in [7, 11) is 0. The molecule has 0 radical (unpaired) electrons. The molecule has 0 amide bonds. The van der Waals surface area contributed by atoms with Crippen LogP contribution in [0.1, 0.15) is 47.2 Å². The van der Waals surface area contributed by atoms with E-state index in [9.17, 15) is 36.6 Å². The van der Waals surface area contributed by atoms with Gasteiger partial charge in [0.2, 0.25) is 0 Å². The molecule has 2 aromatic rings. The second-order valence-corrected chi connectivity index (χ2v) is 6.61. The van der Waals surface area contributed by atoms with Crippen molar-refractivity contribution in [1.82, 2.24) is 0 Å². The minimum Gasteiger partial charge on any atom is -0.507 e. The van der Waals surface area contributed by atoms with Crippen molar-refractivity contribution in [3.8, 4) is 11.5 Å². The van der Waals surface area contributed by atoms with Crippen molar-refractivity contribution in [3.63, 3.8) is 0 Å². The fraction of sp³-hybridized carbons (Fsp3) is 0.333. The van der Waals surface area contributed by atoms with Crippen LogP contribution in [0, 0.1) is 0 Å². The molecule has 0 saturated carbocycles. The van der Waals surface area contributed by atoms with Gasteiger partial charge in [0.1, 0.15) is 18.2 Å². The average Bonchev–Trinajstić information content (AvgIpc) is 2.68. The number of phenols is 2. The topological polar surface area (TPSA) is 65.2 Å². The zero-order chi connectivity index (χ0) is 23.4. The zero-order valence-corrected chi connectivity index (χ0v) is 16.6. The summed E-state index contributed by atoms with van der Waals surface area (Å²) >= 11 is 0. The van der Waals surface area contributed by atoms with Crippen molar-refractivity contribution in [1.29, 1.82) is 0 Å². The Labute approximate surface area is 174 Å². The molecule has 31 heavy (non-hydrogen) atoms. The van der Waals surface area contributed by atoms with E-state index in [0.717, 1.165) is 36.7 Å². The molecule has 2 N–H and O–H groups in total. The van der Waals surface area contributed by atoms with E-state index in [1.807, 2.05) is 0 Å². The van der Waals surface area contributed by atoms with E-state index in [1.54, 1.807) is 13.8 Å². The van der Waals surface area contributed by atoms with Crippen LogP contribution in [-0.4, -0.2) is 29.3 Å². The highest BCUT2D eigenvalue weighted by Crippen LogP contribution is 2.35. The van der Waals surface area contributed by atoms with E-state index in [4.69, 9.17) is 0 Å². The van der Waals surface area contributed by atoms with E-state index in [0.29, 0.717) is 0 Å². The molecule has 0 heterocycles. The van der Waals surface area contributed by atoms with Crippen LogP contribution < -0.4 is 0 Å². The lowest BCUT2D eigenvalue weighted by molar-refractivity contribution is -0.138. The second-order valence-electron chi connectivity index (χ2n) is 6.61. The Morgan fingerprint density at radius 2 is 1.06 bits per heavy atom. The molecule has 0 saturated heterocycles. The molecule has 2 rings (SSSR count). The van der Waals surface area contributed by atoms with Gasteiger partial charge in [-0.05, 0) is 48.2 Å². The van der Waals surface area contributed by atoms with Crippen molar-refractivity contribution in [2.45, 2.75) is 39.0 Å². The van der Waals surface area contributed by atoms with Crippen LogP contribution in [0.2, 0.25) is 0 Å². The third-order valence-corrected chi connectivity index (χ3v) is 4.48. The quantitative estimate of drug-likeness (QED) is 0.438. The largest absolute Gasteiger partial charge is 0.507 e. The Morgan fingerprint density at radius 1 is 0.710 bits per heavy atom. The smallest absolute Gasteiger partial charge is 0.416 e. The minimum atomic E-state index is -4.60. The summed E-state index contributed by atoms with van der Waals surface area (Å²) in [5.74, 6) is -0.683. The van der Waals surface area contributed by atoms with Crippen LogP contribution in [0.5, 0.6) is 11.5 Å². The number of alkyl halides is 6. The molecule has 0 aliphatic carbocycles. The van der Waals surface area contributed by atoms with Crippen LogP contribution in [0.4, 0.5) is 26.3 Å². The number of rotatable bonds is 6. The number of aromatic hydroxyl groups is 2. The highest BCUT2D eigenvalue weighted by molar-refractivity contribution is 5.86. The van der Waals surface area contributed by atoms with Gasteiger partial charge in [-0.2, -0.15) is 26.3 Å². The number of halogens is 6. The first-order chi connectivity index (χ1) is 14.4.